The maximum absolute atomic E-state index is 11.7. The largest absolute Gasteiger partial charge is 0.352 e. The van der Waals surface area contributed by atoms with Gasteiger partial charge in [-0.05, 0) is 31.6 Å². The number of aryl methyl sites for hydroxylation is 1. The molecule has 1 fully saturated rings. The highest BCUT2D eigenvalue weighted by Gasteiger charge is 2.28. The Morgan fingerprint density at radius 3 is 2.90 bits per heavy atom. The van der Waals surface area contributed by atoms with Crippen molar-refractivity contribution < 1.29 is 19.0 Å². The summed E-state index contributed by atoms with van der Waals surface area (Å²) >= 11 is 4.34. The number of hydrogen-bond donors (Lipinski definition) is 3. The maximum atomic E-state index is 11.7. The van der Waals surface area contributed by atoms with Crippen LogP contribution >= 0.6 is 6.72 Å². The highest BCUT2D eigenvalue weighted by Crippen LogP contribution is 2.38. The highest BCUT2D eigenvalue weighted by molar-refractivity contribution is 8.06. The summed E-state index contributed by atoms with van der Waals surface area (Å²) in [4.78, 5) is 43.2. The van der Waals surface area contributed by atoms with Gasteiger partial charge in [0.15, 0.2) is 0 Å². The van der Waals surface area contributed by atoms with Crippen LogP contribution in [0.4, 0.5) is 0 Å². The number of nitrogens with one attached hydrogen (secondary N) is 1. The van der Waals surface area contributed by atoms with Gasteiger partial charge in [-0.15, -0.1) is 0 Å². The van der Waals surface area contributed by atoms with E-state index >= 15 is 0 Å². The van der Waals surface area contributed by atoms with Crippen LogP contribution in [0.15, 0.2) is 15.8 Å². The van der Waals surface area contributed by atoms with E-state index in [0.717, 1.165) is 0 Å². The van der Waals surface area contributed by atoms with Crippen molar-refractivity contribution >= 4 is 18.5 Å². The molecule has 0 unspecified atom stereocenters. The van der Waals surface area contributed by atoms with Crippen LogP contribution in [-0.4, -0.2) is 32.0 Å². The highest BCUT2D eigenvalue weighted by atomic mass is 32.5. The Balaban J connectivity index is 2.06. The van der Waals surface area contributed by atoms with Crippen LogP contribution in [-0.2, 0) is 21.1 Å². The lowest BCUT2D eigenvalue weighted by molar-refractivity contribution is -0.0219. The van der Waals surface area contributed by atoms with Crippen LogP contribution in [0.3, 0.4) is 0 Å². The summed E-state index contributed by atoms with van der Waals surface area (Å²) in [5.41, 5.74) is -0.555. The summed E-state index contributed by atoms with van der Waals surface area (Å²) in [5, 5.41) is 0. The number of rotatable bonds is 4. The number of hydrogen-bond acceptors (Lipinski definition) is 5. The minimum atomic E-state index is -3.70. The van der Waals surface area contributed by atoms with Gasteiger partial charge >= 0.3 is 12.4 Å². The average molecular weight is 322 g/mol. The lowest BCUT2D eigenvalue weighted by Crippen LogP contribution is -2.33. The zero-order valence-electron chi connectivity index (χ0n) is 10.7. The molecule has 0 saturated carbocycles. The van der Waals surface area contributed by atoms with Crippen LogP contribution in [0.1, 0.15) is 24.6 Å². The molecule has 2 rings (SSSR count). The molecule has 1 aromatic heterocycles. The van der Waals surface area contributed by atoms with E-state index in [1.54, 1.807) is 6.92 Å². The van der Waals surface area contributed by atoms with E-state index < -0.39 is 24.2 Å². The number of aromatic amines is 1. The predicted molar refractivity (Wildman–Crippen MR) is 73.9 cm³/mol. The van der Waals surface area contributed by atoms with E-state index in [-0.39, 0.29) is 12.7 Å². The number of H-pyrrole nitrogens is 1. The molecule has 2 atom stereocenters. The zero-order valence-corrected chi connectivity index (χ0v) is 12.4. The molecule has 0 bridgehead atoms. The van der Waals surface area contributed by atoms with Crippen molar-refractivity contribution in [3.63, 3.8) is 0 Å². The minimum Gasteiger partial charge on any atom is -0.352 e. The van der Waals surface area contributed by atoms with E-state index in [2.05, 4.69) is 16.8 Å². The van der Waals surface area contributed by atoms with E-state index in [0.29, 0.717) is 18.4 Å². The molecule has 0 amide bonds. The van der Waals surface area contributed by atoms with E-state index in [1.165, 1.54) is 10.8 Å². The average Bonchev–Trinajstić information content (AvgIpc) is 2.79. The number of aromatic nitrogens is 2. The lowest BCUT2D eigenvalue weighted by atomic mass is 10.2. The minimum absolute atomic E-state index is 0.0438. The summed E-state index contributed by atoms with van der Waals surface area (Å²) in [7, 11) is 0. The van der Waals surface area contributed by atoms with Crippen molar-refractivity contribution in [2.24, 2.45) is 0 Å². The SMILES string of the molecule is Cc1cn([C@H]2CC[C@@H](COP(O)(O)=S)O2)c(=O)[nH]c1=O. The third kappa shape index (κ3) is 3.85. The quantitative estimate of drug-likeness (QED) is 0.655. The molecule has 1 saturated heterocycles. The topological polar surface area (TPSA) is 114 Å². The number of ether oxygens (including phenoxy) is 1. The van der Waals surface area contributed by atoms with Gasteiger partial charge in [-0.2, -0.15) is 0 Å². The zero-order chi connectivity index (χ0) is 14.9. The molecule has 20 heavy (non-hydrogen) atoms. The summed E-state index contributed by atoms with van der Waals surface area (Å²) in [6, 6.07) is 0. The van der Waals surface area contributed by atoms with Crippen LogP contribution in [0, 0.1) is 6.92 Å². The second kappa shape index (κ2) is 5.88. The Labute approximate surface area is 119 Å². The fraction of sp³-hybridized carbons (Fsp3) is 0.600. The Hall–Kier alpha value is -0.830. The molecular formula is C10H15N2O6PS. The molecule has 3 N–H and O–H groups in total. The predicted octanol–water partition coefficient (Wildman–Crippen LogP) is -0.252. The van der Waals surface area contributed by atoms with Gasteiger partial charge in [-0.3, -0.25) is 14.3 Å². The molecule has 0 aromatic carbocycles. The van der Waals surface area contributed by atoms with Gasteiger partial charge in [-0.1, -0.05) is 0 Å². The van der Waals surface area contributed by atoms with Gasteiger partial charge in [0, 0.05) is 11.8 Å². The maximum Gasteiger partial charge on any atom is 0.330 e. The van der Waals surface area contributed by atoms with Crippen LogP contribution in [0.25, 0.3) is 0 Å². The molecule has 1 aliphatic heterocycles. The van der Waals surface area contributed by atoms with Gasteiger partial charge in [0.2, 0.25) is 0 Å². The third-order valence-corrected chi connectivity index (χ3v) is 3.77. The first-order valence-corrected chi connectivity index (χ1v) is 8.56. The smallest absolute Gasteiger partial charge is 0.330 e. The van der Waals surface area contributed by atoms with Crippen molar-refractivity contribution in [3.8, 4) is 0 Å². The van der Waals surface area contributed by atoms with Crippen molar-refractivity contribution in [3.05, 3.63) is 32.6 Å². The molecule has 0 aliphatic carbocycles. The Kier molecular flexibility index (Phi) is 4.58. The van der Waals surface area contributed by atoms with Crippen LogP contribution in [0.2, 0.25) is 0 Å². The van der Waals surface area contributed by atoms with Crippen LogP contribution in [0.5, 0.6) is 0 Å². The summed E-state index contributed by atoms with van der Waals surface area (Å²) in [6.45, 7) is -2.15. The first-order valence-electron chi connectivity index (χ1n) is 5.94. The summed E-state index contributed by atoms with van der Waals surface area (Å²) in [5.74, 6) is 0. The summed E-state index contributed by atoms with van der Waals surface area (Å²) in [6.07, 6.45) is 1.70. The Morgan fingerprint density at radius 1 is 1.55 bits per heavy atom. The van der Waals surface area contributed by atoms with Gasteiger partial charge in [0.05, 0.1) is 12.7 Å². The molecular weight excluding hydrogens is 307 g/mol. The molecule has 0 radical (unpaired) electrons. The third-order valence-electron chi connectivity index (χ3n) is 2.97. The van der Waals surface area contributed by atoms with E-state index in [9.17, 15) is 9.59 Å². The van der Waals surface area contributed by atoms with Crippen molar-refractivity contribution in [2.75, 3.05) is 6.61 Å². The second-order valence-corrected chi connectivity index (χ2v) is 7.22. The van der Waals surface area contributed by atoms with Gasteiger partial charge in [-0.25, -0.2) is 4.79 Å². The van der Waals surface area contributed by atoms with E-state index in [1.807, 2.05) is 0 Å². The molecule has 1 aliphatic rings. The first kappa shape index (κ1) is 15.6. The molecule has 0 spiro atoms. The van der Waals surface area contributed by atoms with Gasteiger partial charge in [0.1, 0.15) is 6.23 Å². The fourth-order valence-corrected chi connectivity index (χ4v) is 2.54. The van der Waals surface area contributed by atoms with Crippen molar-refractivity contribution in [1.29, 1.82) is 0 Å². The molecule has 10 heteroatoms. The fourth-order valence-electron chi connectivity index (χ4n) is 1.99. The molecule has 1 aromatic rings. The summed E-state index contributed by atoms with van der Waals surface area (Å²) < 4.78 is 11.6. The van der Waals surface area contributed by atoms with Crippen LogP contribution < -0.4 is 11.2 Å². The van der Waals surface area contributed by atoms with E-state index in [4.69, 9.17) is 19.0 Å². The normalized spacial score (nSPS) is 23.1. The van der Waals surface area contributed by atoms with Gasteiger partial charge in [0.25, 0.3) is 5.56 Å². The monoisotopic (exact) mass is 322 g/mol. The number of nitrogens with zero attached hydrogens (tertiary/aromatic N) is 1. The molecule has 8 nitrogen and oxygen atoms in total. The van der Waals surface area contributed by atoms with Gasteiger partial charge < -0.3 is 19.0 Å². The van der Waals surface area contributed by atoms with Crippen molar-refractivity contribution in [2.45, 2.75) is 32.1 Å². The first-order chi connectivity index (χ1) is 9.26. The van der Waals surface area contributed by atoms with Crippen molar-refractivity contribution in [1.82, 2.24) is 9.55 Å². The lowest BCUT2D eigenvalue weighted by Gasteiger charge is -2.17. The standard InChI is InChI=1S/C10H15N2O6PS/c1-6-4-12(10(14)11-9(6)13)8-3-2-7(18-8)5-17-19(15,16)20/h4,7-8H,2-3,5H2,1H3,(H,11,13,14)(H2,15,16,20)/t7-,8+/m0/s1. The molecule has 2 heterocycles. The molecule has 112 valence electrons. The Morgan fingerprint density at radius 2 is 2.25 bits per heavy atom. The second-order valence-electron chi connectivity index (χ2n) is 4.56. The Bertz CT molecular complexity index is 650.